The number of hydrogen-bond donors (Lipinski definition) is 1. The fourth-order valence-electron chi connectivity index (χ4n) is 5.24. The Morgan fingerprint density at radius 2 is 1.87 bits per heavy atom. The number of carbonyl (C=O) groups excluding carboxylic acids is 3. The second-order valence-corrected chi connectivity index (χ2v) is 11.4. The Morgan fingerprint density at radius 3 is 2.47 bits per heavy atom. The Kier molecular flexibility index (Phi) is 5.07. The van der Waals surface area contributed by atoms with E-state index in [0.717, 1.165) is 23.4 Å². The highest BCUT2D eigenvalue weighted by atomic mass is 32.2. The van der Waals surface area contributed by atoms with Gasteiger partial charge < -0.3 is 9.88 Å². The van der Waals surface area contributed by atoms with Crippen LogP contribution in [0.5, 0.6) is 0 Å². The van der Waals surface area contributed by atoms with Gasteiger partial charge in [-0.3, -0.25) is 14.5 Å². The number of nitrogens with zero attached hydrogens (tertiary/aromatic N) is 2. The molecule has 1 atom stereocenters. The van der Waals surface area contributed by atoms with Crippen LogP contribution in [0.15, 0.2) is 6.07 Å². The van der Waals surface area contributed by atoms with Crippen LogP contribution in [-0.2, 0) is 14.6 Å². The van der Waals surface area contributed by atoms with Gasteiger partial charge in [0.05, 0.1) is 18.1 Å². The smallest absolute Gasteiger partial charge is 0.325 e. The lowest BCUT2D eigenvalue weighted by Gasteiger charge is -2.33. The van der Waals surface area contributed by atoms with Crippen molar-refractivity contribution in [1.82, 2.24) is 14.8 Å². The molecule has 3 aliphatic rings. The average Bonchev–Trinajstić information content (AvgIpc) is 3.25. The summed E-state index contributed by atoms with van der Waals surface area (Å²) in [6, 6.07) is 1.05. The highest BCUT2D eigenvalue weighted by Crippen LogP contribution is 2.36. The molecular formula is C21H29N3O5S. The number of aromatic nitrogens is 1. The Balaban J connectivity index is 1.53. The van der Waals surface area contributed by atoms with E-state index < -0.39 is 21.4 Å². The van der Waals surface area contributed by atoms with Gasteiger partial charge in [-0.05, 0) is 57.9 Å². The maximum absolute atomic E-state index is 13.0. The molecule has 1 aromatic rings. The summed E-state index contributed by atoms with van der Waals surface area (Å²) in [5.74, 6) is 0.149. The highest BCUT2D eigenvalue weighted by molar-refractivity contribution is 7.91. The zero-order valence-corrected chi connectivity index (χ0v) is 18.5. The molecule has 0 bridgehead atoms. The quantitative estimate of drug-likeness (QED) is 0.576. The third-order valence-corrected chi connectivity index (χ3v) is 8.78. The van der Waals surface area contributed by atoms with Crippen LogP contribution in [0.3, 0.4) is 0 Å². The third-order valence-electron chi connectivity index (χ3n) is 7.03. The number of hydrogen-bond acceptors (Lipinski definition) is 5. The van der Waals surface area contributed by atoms with E-state index in [2.05, 4.69) is 12.2 Å². The number of sulfone groups is 1. The van der Waals surface area contributed by atoms with Crippen LogP contribution >= 0.6 is 0 Å². The predicted octanol–water partition coefficient (Wildman–Crippen LogP) is 2.15. The van der Waals surface area contributed by atoms with Crippen molar-refractivity contribution < 1.29 is 22.8 Å². The summed E-state index contributed by atoms with van der Waals surface area (Å²) in [7, 11) is -3.05. The molecule has 3 heterocycles. The second kappa shape index (κ2) is 7.21. The van der Waals surface area contributed by atoms with E-state index in [9.17, 15) is 22.8 Å². The van der Waals surface area contributed by atoms with E-state index in [0.29, 0.717) is 36.4 Å². The van der Waals surface area contributed by atoms with Gasteiger partial charge in [0.2, 0.25) is 0 Å². The molecule has 164 valence electrons. The van der Waals surface area contributed by atoms with Crippen molar-refractivity contribution >= 4 is 27.6 Å². The first-order valence-corrected chi connectivity index (χ1v) is 12.4. The van der Waals surface area contributed by atoms with E-state index >= 15 is 0 Å². The first kappa shape index (κ1) is 21.1. The van der Waals surface area contributed by atoms with Crippen LogP contribution in [0.2, 0.25) is 0 Å². The van der Waals surface area contributed by atoms with Crippen LogP contribution < -0.4 is 5.32 Å². The molecule has 0 aromatic carbocycles. The van der Waals surface area contributed by atoms with Gasteiger partial charge in [-0.25, -0.2) is 13.2 Å². The summed E-state index contributed by atoms with van der Waals surface area (Å²) in [6.45, 7) is 5.48. The Bertz CT molecular complexity index is 1020. The Labute approximate surface area is 176 Å². The van der Waals surface area contributed by atoms with Gasteiger partial charge in [0.25, 0.3) is 5.91 Å². The van der Waals surface area contributed by atoms with Crippen LogP contribution in [0.25, 0.3) is 0 Å². The second-order valence-electron chi connectivity index (χ2n) is 9.22. The fraction of sp³-hybridized carbons (Fsp3) is 0.667. The molecule has 1 unspecified atom stereocenters. The molecule has 1 saturated carbocycles. The molecule has 30 heavy (non-hydrogen) atoms. The number of amides is 3. The van der Waals surface area contributed by atoms with Gasteiger partial charge in [0.15, 0.2) is 15.6 Å². The molecule has 3 fully saturated rings. The number of Topliss-reactive ketones (excluding diaryl/α,β-unsaturated/α-hetero) is 1. The van der Waals surface area contributed by atoms with Gasteiger partial charge in [-0.1, -0.05) is 6.92 Å². The number of carbonyl (C=O) groups is 3. The number of imide groups is 1. The van der Waals surface area contributed by atoms with Crippen LogP contribution in [0.1, 0.15) is 66.8 Å². The van der Waals surface area contributed by atoms with E-state index in [1.54, 1.807) is 13.0 Å². The van der Waals surface area contributed by atoms with Crippen molar-refractivity contribution in [2.45, 2.75) is 64.5 Å². The number of urea groups is 1. The zero-order valence-electron chi connectivity index (χ0n) is 17.7. The summed E-state index contributed by atoms with van der Waals surface area (Å²) in [5.41, 5.74) is 1.08. The summed E-state index contributed by atoms with van der Waals surface area (Å²) in [6.07, 6.45) is 3.49. The first-order valence-electron chi connectivity index (χ1n) is 10.6. The fourth-order valence-corrected chi connectivity index (χ4v) is 6.94. The Hall–Kier alpha value is -2.16. The molecule has 2 aliphatic heterocycles. The van der Waals surface area contributed by atoms with Crippen molar-refractivity contribution in [2.24, 2.45) is 5.92 Å². The maximum atomic E-state index is 13.0. The van der Waals surface area contributed by atoms with E-state index in [-0.39, 0.29) is 35.8 Å². The molecule has 2 saturated heterocycles. The van der Waals surface area contributed by atoms with E-state index in [1.807, 2.05) is 11.5 Å². The van der Waals surface area contributed by atoms with Gasteiger partial charge in [0, 0.05) is 23.0 Å². The molecule has 3 amide bonds. The molecule has 1 aromatic heterocycles. The van der Waals surface area contributed by atoms with Gasteiger partial charge >= 0.3 is 6.03 Å². The van der Waals surface area contributed by atoms with Gasteiger partial charge in [0.1, 0.15) is 5.54 Å². The van der Waals surface area contributed by atoms with Crippen LogP contribution in [0.4, 0.5) is 4.79 Å². The van der Waals surface area contributed by atoms with Crippen LogP contribution in [0, 0.1) is 19.8 Å². The molecule has 1 spiro atoms. The van der Waals surface area contributed by atoms with Crippen molar-refractivity contribution in [2.75, 3.05) is 18.1 Å². The molecular weight excluding hydrogens is 406 g/mol. The first-order chi connectivity index (χ1) is 14.0. The minimum absolute atomic E-state index is 0.0744. The third kappa shape index (κ3) is 3.46. The average molecular weight is 436 g/mol. The summed E-state index contributed by atoms with van der Waals surface area (Å²) in [5, 5.41) is 2.84. The van der Waals surface area contributed by atoms with Gasteiger partial charge in [-0.15, -0.1) is 0 Å². The lowest BCUT2D eigenvalue weighted by Crippen LogP contribution is -2.49. The van der Waals surface area contributed by atoms with E-state index in [4.69, 9.17) is 0 Å². The minimum atomic E-state index is -3.05. The largest absolute Gasteiger partial charge is 0.344 e. The van der Waals surface area contributed by atoms with Gasteiger partial charge in [-0.2, -0.15) is 0 Å². The van der Waals surface area contributed by atoms with Crippen molar-refractivity contribution in [3.05, 3.63) is 23.0 Å². The topological polar surface area (TPSA) is 106 Å². The molecule has 4 rings (SSSR count). The summed E-state index contributed by atoms with van der Waals surface area (Å²) < 4.78 is 25.7. The molecule has 9 heteroatoms. The molecule has 1 N–H and O–H groups in total. The van der Waals surface area contributed by atoms with Crippen molar-refractivity contribution in [3.8, 4) is 0 Å². The predicted molar refractivity (Wildman–Crippen MR) is 111 cm³/mol. The lowest BCUT2D eigenvalue weighted by atomic mass is 9.77. The maximum Gasteiger partial charge on any atom is 0.325 e. The zero-order chi connectivity index (χ0) is 21.8. The number of ketones is 1. The summed E-state index contributed by atoms with van der Waals surface area (Å²) in [4.78, 5) is 39.6. The molecule has 1 aliphatic carbocycles. The standard InChI is InChI=1S/C21H29N3O5S/c1-13-4-7-21(8-5-13)19(26)23(20(27)22-21)11-18(25)17-10-14(2)24(15(17)3)16-6-9-30(28,29)12-16/h10,13,16H,4-9,11-12H2,1-3H3,(H,22,27). The van der Waals surface area contributed by atoms with Crippen molar-refractivity contribution in [3.63, 3.8) is 0 Å². The van der Waals surface area contributed by atoms with E-state index in [1.165, 1.54) is 0 Å². The highest BCUT2D eigenvalue weighted by Gasteiger charge is 2.52. The molecule has 0 radical (unpaired) electrons. The normalized spacial score (nSPS) is 30.8. The summed E-state index contributed by atoms with van der Waals surface area (Å²) >= 11 is 0. The monoisotopic (exact) mass is 435 g/mol. The lowest BCUT2D eigenvalue weighted by molar-refractivity contribution is -0.132. The number of rotatable bonds is 4. The number of aryl methyl sites for hydroxylation is 1. The number of nitrogens with one attached hydrogen (secondary N) is 1. The Morgan fingerprint density at radius 1 is 1.20 bits per heavy atom. The van der Waals surface area contributed by atoms with Crippen LogP contribution in [-0.4, -0.2) is 59.2 Å². The van der Waals surface area contributed by atoms with Crippen molar-refractivity contribution in [1.29, 1.82) is 0 Å². The SMILES string of the molecule is Cc1cc(C(=O)CN2C(=O)NC3(CCC(C)CC3)C2=O)c(C)n1C1CCS(=O)(=O)C1. The molecule has 8 nitrogen and oxygen atoms in total. The minimum Gasteiger partial charge on any atom is -0.344 e.